The highest BCUT2D eigenvalue weighted by molar-refractivity contribution is 5.97. The van der Waals surface area contributed by atoms with Crippen LogP contribution in [0.25, 0.3) is 0 Å². The number of hydrogen-bond acceptors (Lipinski definition) is 4. The quantitative estimate of drug-likeness (QED) is 0.745. The van der Waals surface area contributed by atoms with Gasteiger partial charge in [0.2, 0.25) is 11.8 Å². The Bertz CT molecular complexity index is 679. The number of benzene rings is 1. The third kappa shape index (κ3) is 5.97. The van der Waals surface area contributed by atoms with E-state index in [1.807, 2.05) is 13.8 Å². The Kier molecular flexibility index (Phi) is 7.84. The molecule has 1 atom stereocenters. The van der Waals surface area contributed by atoms with E-state index in [0.717, 1.165) is 0 Å². The molecule has 2 rings (SSSR count). The van der Waals surface area contributed by atoms with Crippen molar-refractivity contribution in [1.82, 2.24) is 15.5 Å². The molecule has 0 radical (unpaired) electrons. The molecule has 0 aromatic heterocycles. The van der Waals surface area contributed by atoms with Crippen molar-refractivity contribution in [2.24, 2.45) is 11.8 Å². The summed E-state index contributed by atoms with van der Waals surface area (Å²) in [4.78, 5) is 38.9. The van der Waals surface area contributed by atoms with E-state index >= 15 is 0 Å². The molecular formula is C21H31N3O4. The minimum Gasteiger partial charge on any atom is -0.497 e. The van der Waals surface area contributed by atoms with Crippen molar-refractivity contribution in [2.45, 2.75) is 39.7 Å². The highest BCUT2D eigenvalue weighted by Gasteiger charge is 2.33. The topological polar surface area (TPSA) is 87.7 Å². The Morgan fingerprint density at radius 3 is 2.25 bits per heavy atom. The largest absolute Gasteiger partial charge is 0.497 e. The first-order valence-corrected chi connectivity index (χ1v) is 9.80. The molecule has 0 saturated carbocycles. The van der Waals surface area contributed by atoms with E-state index in [1.54, 1.807) is 43.2 Å². The summed E-state index contributed by atoms with van der Waals surface area (Å²) in [5, 5.41) is 5.85. The van der Waals surface area contributed by atoms with Crippen molar-refractivity contribution in [2.75, 3.05) is 26.7 Å². The van der Waals surface area contributed by atoms with Crippen LogP contribution >= 0.6 is 0 Å². The maximum atomic E-state index is 12.8. The monoisotopic (exact) mass is 389 g/mol. The van der Waals surface area contributed by atoms with Gasteiger partial charge in [0, 0.05) is 32.1 Å². The van der Waals surface area contributed by atoms with Crippen LogP contribution < -0.4 is 15.4 Å². The van der Waals surface area contributed by atoms with Crippen LogP contribution in [0.15, 0.2) is 24.3 Å². The smallest absolute Gasteiger partial charge is 0.251 e. The number of likely N-dealkylation sites (tertiary alicyclic amines) is 1. The average molecular weight is 389 g/mol. The van der Waals surface area contributed by atoms with Gasteiger partial charge >= 0.3 is 0 Å². The van der Waals surface area contributed by atoms with Gasteiger partial charge in [0.25, 0.3) is 5.91 Å². The zero-order valence-corrected chi connectivity index (χ0v) is 17.2. The van der Waals surface area contributed by atoms with E-state index in [9.17, 15) is 14.4 Å². The fourth-order valence-corrected chi connectivity index (χ4v) is 3.33. The number of hydrogen-bond donors (Lipinski definition) is 2. The fourth-order valence-electron chi connectivity index (χ4n) is 3.33. The molecule has 0 spiro atoms. The summed E-state index contributed by atoms with van der Waals surface area (Å²) in [5.41, 5.74) is 0.476. The van der Waals surface area contributed by atoms with Crippen LogP contribution in [-0.4, -0.2) is 55.4 Å². The van der Waals surface area contributed by atoms with Crippen LogP contribution in [0.3, 0.4) is 0 Å². The first-order valence-electron chi connectivity index (χ1n) is 9.80. The Labute approximate surface area is 166 Å². The normalized spacial score (nSPS) is 15.8. The van der Waals surface area contributed by atoms with Gasteiger partial charge in [-0.25, -0.2) is 0 Å². The van der Waals surface area contributed by atoms with Gasteiger partial charge in [-0.2, -0.15) is 0 Å². The van der Waals surface area contributed by atoms with Crippen molar-refractivity contribution < 1.29 is 19.1 Å². The van der Waals surface area contributed by atoms with Gasteiger partial charge in [0.05, 0.1) is 7.11 Å². The van der Waals surface area contributed by atoms with Gasteiger partial charge in [0.15, 0.2) is 0 Å². The number of rotatable bonds is 7. The van der Waals surface area contributed by atoms with Gasteiger partial charge in [-0.05, 0) is 48.9 Å². The number of nitrogens with zero attached hydrogens (tertiary/aromatic N) is 1. The van der Waals surface area contributed by atoms with E-state index in [4.69, 9.17) is 4.74 Å². The van der Waals surface area contributed by atoms with Crippen LogP contribution in [0, 0.1) is 11.8 Å². The highest BCUT2D eigenvalue weighted by Crippen LogP contribution is 2.22. The second-order valence-electron chi connectivity index (χ2n) is 7.66. The minimum absolute atomic E-state index is 0.00930. The van der Waals surface area contributed by atoms with Crippen molar-refractivity contribution >= 4 is 17.7 Å². The second-order valence-corrected chi connectivity index (χ2v) is 7.66. The van der Waals surface area contributed by atoms with Gasteiger partial charge in [-0.3, -0.25) is 14.4 Å². The Hall–Kier alpha value is -2.57. The predicted molar refractivity (Wildman–Crippen MR) is 107 cm³/mol. The lowest BCUT2D eigenvalue weighted by Gasteiger charge is -2.35. The van der Waals surface area contributed by atoms with Crippen molar-refractivity contribution in [3.8, 4) is 5.75 Å². The van der Waals surface area contributed by atoms with Gasteiger partial charge in [-0.1, -0.05) is 13.8 Å². The number of amides is 3. The zero-order chi connectivity index (χ0) is 20.7. The van der Waals surface area contributed by atoms with E-state index in [2.05, 4.69) is 10.6 Å². The van der Waals surface area contributed by atoms with Gasteiger partial charge in [0.1, 0.15) is 11.8 Å². The predicted octanol–water partition coefficient (Wildman–Crippen LogP) is 1.82. The fraction of sp³-hybridized carbons (Fsp3) is 0.571. The molecule has 7 heteroatoms. The average Bonchev–Trinajstić information content (AvgIpc) is 2.70. The van der Waals surface area contributed by atoms with Crippen molar-refractivity contribution in [3.63, 3.8) is 0 Å². The number of nitrogens with one attached hydrogen (secondary N) is 2. The maximum Gasteiger partial charge on any atom is 0.251 e. The van der Waals surface area contributed by atoms with Crippen molar-refractivity contribution in [3.05, 3.63) is 29.8 Å². The molecule has 1 saturated heterocycles. The van der Waals surface area contributed by atoms with Crippen LogP contribution in [-0.2, 0) is 9.59 Å². The van der Waals surface area contributed by atoms with Crippen LogP contribution in [0.5, 0.6) is 5.75 Å². The molecule has 2 N–H and O–H groups in total. The molecule has 0 aliphatic carbocycles. The summed E-state index contributed by atoms with van der Waals surface area (Å²) in [7, 11) is 1.57. The standard InChI is InChI=1S/C21H31N3O4/c1-14(2)13-22-21(27)19(16-9-11-24(12-10-16)15(3)25)23-20(26)17-5-7-18(28-4)8-6-17/h5-8,14,16,19H,9-13H2,1-4H3,(H,22,27)(H,23,26)/t19-/m0/s1. The summed E-state index contributed by atoms with van der Waals surface area (Å²) < 4.78 is 5.12. The second kappa shape index (κ2) is 10.1. The van der Waals surface area contributed by atoms with E-state index < -0.39 is 6.04 Å². The Balaban J connectivity index is 2.09. The molecule has 28 heavy (non-hydrogen) atoms. The Morgan fingerprint density at radius 1 is 1.14 bits per heavy atom. The number of ether oxygens (including phenoxy) is 1. The zero-order valence-electron chi connectivity index (χ0n) is 17.2. The molecule has 1 heterocycles. The van der Waals surface area contributed by atoms with Crippen molar-refractivity contribution in [1.29, 1.82) is 0 Å². The first kappa shape index (κ1) is 21.7. The summed E-state index contributed by atoms with van der Waals surface area (Å²) in [6, 6.07) is 6.16. The van der Waals surface area contributed by atoms with Gasteiger partial charge < -0.3 is 20.3 Å². The molecule has 154 valence electrons. The summed E-state index contributed by atoms with van der Waals surface area (Å²) >= 11 is 0. The molecule has 7 nitrogen and oxygen atoms in total. The number of methoxy groups -OCH3 is 1. The molecular weight excluding hydrogens is 358 g/mol. The maximum absolute atomic E-state index is 12.8. The van der Waals surface area contributed by atoms with E-state index in [-0.39, 0.29) is 23.6 Å². The number of carbonyl (C=O) groups is 3. The lowest BCUT2D eigenvalue weighted by molar-refractivity contribution is -0.130. The van der Waals surface area contributed by atoms with E-state index in [1.165, 1.54) is 0 Å². The summed E-state index contributed by atoms with van der Waals surface area (Å²) in [6.45, 7) is 7.37. The number of piperidine rings is 1. The Morgan fingerprint density at radius 2 is 1.75 bits per heavy atom. The van der Waals surface area contributed by atoms with E-state index in [0.29, 0.717) is 49.7 Å². The van der Waals surface area contributed by atoms with Crippen LogP contribution in [0.2, 0.25) is 0 Å². The SMILES string of the molecule is COc1ccc(C(=O)N[C@H](C(=O)NCC(C)C)C2CCN(C(C)=O)CC2)cc1. The third-order valence-corrected chi connectivity index (χ3v) is 5.06. The highest BCUT2D eigenvalue weighted by atomic mass is 16.5. The number of carbonyl (C=O) groups excluding carboxylic acids is 3. The van der Waals surface area contributed by atoms with Gasteiger partial charge in [-0.15, -0.1) is 0 Å². The lowest BCUT2D eigenvalue weighted by Crippen LogP contribution is -2.54. The molecule has 1 aliphatic heterocycles. The molecule has 1 aromatic carbocycles. The molecule has 1 fully saturated rings. The molecule has 0 unspecified atom stereocenters. The first-order chi connectivity index (χ1) is 13.3. The minimum atomic E-state index is -0.623. The molecule has 1 aliphatic rings. The molecule has 0 bridgehead atoms. The van der Waals surface area contributed by atoms with Crippen LogP contribution in [0.4, 0.5) is 0 Å². The third-order valence-electron chi connectivity index (χ3n) is 5.06. The molecule has 1 aromatic rings. The summed E-state index contributed by atoms with van der Waals surface area (Å²) in [5.74, 6) is 0.561. The summed E-state index contributed by atoms with van der Waals surface area (Å²) in [6.07, 6.45) is 1.37. The molecule has 3 amide bonds. The lowest BCUT2D eigenvalue weighted by atomic mass is 9.88. The van der Waals surface area contributed by atoms with Crippen LogP contribution in [0.1, 0.15) is 44.0 Å².